The fourth-order valence-corrected chi connectivity index (χ4v) is 2.34. The Bertz CT molecular complexity index is 364. The van der Waals surface area contributed by atoms with Crippen molar-refractivity contribution in [1.29, 1.82) is 0 Å². The van der Waals surface area contributed by atoms with Crippen molar-refractivity contribution >= 4 is 11.6 Å². The number of hydrogen-bond donors (Lipinski definition) is 2. The smallest absolute Gasteiger partial charge is 0.134 e. The predicted molar refractivity (Wildman–Crippen MR) is 70.5 cm³/mol. The highest BCUT2D eigenvalue weighted by Gasteiger charge is 2.09. The molecule has 4 heteroatoms. The second-order valence-electron chi connectivity index (χ2n) is 4.51. The first-order valence-corrected chi connectivity index (χ1v) is 6.54. The Balaban J connectivity index is 1.68. The molecule has 2 N–H and O–H groups in total. The molecule has 1 aliphatic heterocycles. The number of benzene rings is 1. The van der Waals surface area contributed by atoms with E-state index in [1.54, 1.807) is 12.1 Å². The van der Waals surface area contributed by atoms with Crippen molar-refractivity contribution in [3.63, 3.8) is 0 Å². The Hall–Kier alpha value is -0.770. The van der Waals surface area contributed by atoms with E-state index in [1.165, 1.54) is 25.9 Å². The summed E-state index contributed by atoms with van der Waals surface area (Å²) in [4.78, 5) is 2.48. The quantitative estimate of drug-likeness (QED) is 0.791. The van der Waals surface area contributed by atoms with Crippen LogP contribution in [0.2, 0.25) is 5.02 Å². The number of phenolic OH excluding ortho intramolecular Hbond substituents is 1. The molecule has 0 saturated carbocycles. The summed E-state index contributed by atoms with van der Waals surface area (Å²) in [5.74, 6) is 0.146. The van der Waals surface area contributed by atoms with Gasteiger partial charge in [-0.3, -0.25) is 0 Å². The highest BCUT2D eigenvalue weighted by atomic mass is 35.5. The molecule has 0 aromatic heterocycles. The lowest BCUT2D eigenvalue weighted by Crippen LogP contribution is -2.29. The molecule has 1 fully saturated rings. The van der Waals surface area contributed by atoms with Crippen molar-refractivity contribution in [2.45, 2.75) is 19.4 Å². The summed E-state index contributed by atoms with van der Waals surface area (Å²) in [7, 11) is 0. The molecular formula is C13H19ClN2O. The largest absolute Gasteiger partial charge is 0.506 e. The monoisotopic (exact) mass is 254 g/mol. The number of aromatic hydroxyl groups is 1. The average molecular weight is 255 g/mol. The zero-order valence-corrected chi connectivity index (χ0v) is 10.7. The third-order valence-corrected chi connectivity index (χ3v) is 3.45. The second-order valence-corrected chi connectivity index (χ2v) is 4.92. The van der Waals surface area contributed by atoms with Crippen molar-refractivity contribution < 1.29 is 5.11 Å². The molecule has 0 unspecified atom stereocenters. The van der Waals surface area contributed by atoms with Crippen molar-refractivity contribution in [1.82, 2.24) is 10.2 Å². The van der Waals surface area contributed by atoms with Gasteiger partial charge >= 0.3 is 0 Å². The van der Waals surface area contributed by atoms with E-state index in [0.29, 0.717) is 5.02 Å². The molecule has 0 aliphatic carbocycles. The van der Waals surface area contributed by atoms with Gasteiger partial charge in [-0.1, -0.05) is 17.7 Å². The van der Waals surface area contributed by atoms with Gasteiger partial charge < -0.3 is 15.3 Å². The number of halogens is 1. The second kappa shape index (κ2) is 6.24. The first-order chi connectivity index (χ1) is 8.25. The Labute approximate surface area is 107 Å². The number of likely N-dealkylation sites (tertiary alicyclic amines) is 1. The minimum atomic E-state index is 0.146. The maximum Gasteiger partial charge on any atom is 0.134 e. The summed E-state index contributed by atoms with van der Waals surface area (Å²) in [6, 6.07) is 5.34. The Kier molecular flexibility index (Phi) is 4.66. The van der Waals surface area contributed by atoms with Crippen LogP contribution in [-0.2, 0) is 6.54 Å². The van der Waals surface area contributed by atoms with Gasteiger partial charge in [-0.05, 0) is 43.6 Å². The zero-order valence-electron chi connectivity index (χ0n) is 9.95. The first kappa shape index (κ1) is 12.7. The molecule has 1 aromatic rings. The predicted octanol–water partition coefficient (Wildman–Crippen LogP) is 2.23. The van der Waals surface area contributed by atoms with Crippen LogP contribution in [0.5, 0.6) is 5.75 Å². The summed E-state index contributed by atoms with van der Waals surface area (Å²) in [6.45, 7) is 5.40. The molecule has 3 nitrogen and oxygen atoms in total. The highest BCUT2D eigenvalue weighted by molar-refractivity contribution is 6.32. The van der Waals surface area contributed by atoms with Crippen molar-refractivity contribution in [2.24, 2.45) is 0 Å². The number of nitrogens with zero attached hydrogens (tertiary/aromatic N) is 1. The van der Waals surface area contributed by atoms with Gasteiger partial charge in [0.05, 0.1) is 5.02 Å². The third kappa shape index (κ3) is 3.87. The molecule has 0 spiro atoms. The van der Waals surface area contributed by atoms with Crippen molar-refractivity contribution in [3.05, 3.63) is 28.8 Å². The SMILES string of the molecule is Oc1ccc(CNCCN2CCCC2)cc1Cl. The summed E-state index contributed by atoms with van der Waals surface area (Å²) in [5.41, 5.74) is 1.11. The van der Waals surface area contributed by atoms with Gasteiger partial charge in [-0.2, -0.15) is 0 Å². The maximum absolute atomic E-state index is 9.30. The van der Waals surface area contributed by atoms with Crippen LogP contribution in [0.4, 0.5) is 0 Å². The summed E-state index contributed by atoms with van der Waals surface area (Å²) >= 11 is 5.84. The van der Waals surface area contributed by atoms with Gasteiger partial charge in [-0.15, -0.1) is 0 Å². The zero-order chi connectivity index (χ0) is 12.1. The molecule has 0 amide bonds. The van der Waals surface area contributed by atoms with Crippen LogP contribution in [0.15, 0.2) is 18.2 Å². The molecule has 1 saturated heterocycles. The molecule has 17 heavy (non-hydrogen) atoms. The van der Waals surface area contributed by atoms with E-state index in [1.807, 2.05) is 6.07 Å². The lowest BCUT2D eigenvalue weighted by Gasteiger charge is -2.14. The molecule has 1 heterocycles. The van der Waals surface area contributed by atoms with Gasteiger partial charge in [0.25, 0.3) is 0 Å². The van der Waals surface area contributed by atoms with E-state index in [4.69, 9.17) is 11.6 Å². The van der Waals surface area contributed by atoms with Crippen molar-refractivity contribution in [2.75, 3.05) is 26.2 Å². The number of phenols is 1. The van der Waals surface area contributed by atoms with Gasteiger partial charge in [0.15, 0.2) is 0 Å². The minimum absolute atomic E-state index is 0.146. The molecule has 2 rings (SSSR count). The van der Waals surface area contributed by atoms with E-state index in [0.717, 1.165) is 25.2 Å². The van der Waals surface area contributed by atoms with Gasteiger partial charge in [0, 0.05) is 19.6 Å². The standard InChI is InChI=1S/C13H19ClN2O/c14-12-9-11(3-4-13(12)17)10-15-5-8-16-6-1-2-7-16/h3-4,9,15,17H,1-2,5-8,10H2. The minimum Gasteiger partial charge on any atom is -0.506 e. The molecule has 1 aromatic carbocycles. The van der Waals surface area contributed by atoms with E-state index in [2.05, 4.69) is 10.2 Å². The molecule has 0 radical (unpaired) electrons. The van der Waals surface area contributed by atoms with Crippen LogP contribution < -0.4 is 5.32 Å². The fourth-order valence-electron chi connectivity index (χ4n) is 2.14. The molecule has 0 atom stereocenters. The van der Waals surface area contributed by atoms with Crippen LogP contribution in [0, 0.1) is 0 Å². The van der Waals surface area contributed by atoms with Gasteiger partial charge in [-0.25, -0.2) is 0 Å². The summed E-state index contributed by atoms with van der Waals surface area (Å²) < 4.78 is 0. The number of rotatable bonds is 5. The Morgan fingerprint density at radius 3 is 2.76 bits per heavy atom. The van der Waals surface area contributed by atoms with E-state index in [-0.39, 0.29) is 5.75 Å². The molecule has 0 bridgehead atoms. The lowest BCUT2D eigenvalue weighted by molar-refractivity contribution is 0.335. The Morgan fingerprint density at radius 2 is 2.06 bits per heavy atom. The van der Waals surface area contributed by atoms with E-state index >= 15 is 0 Å². The summed E-state index contributed by atoms with van der Waals surface area (Å²) in [5, 5.41) is 13.1. The van der Waals surface area contributed by atoms with Crippen LogP contribution in [0.25, 0.3) is 0 Å². The number of nitrogens with one attached hydrogen (secondary N) is 1. The topological polar surface area (TPSA) is 35.5 Å². The van der Waals surface area contributed by atoms with Crippen LogP contribution >= 0.6 is 11.6 Å². The first-order valence-electron chi connectivity index (χ1n) is 6.16. The normalized spacial score (nSPS) is 16.5. The number of hydrogen-bond acceptors (Lipinski definition) is 3. The van der Waals surface area contributed by atoms with Crippen LogP contribution in [-0.4, -0.2) is 36.2 Å². The Morgan fingerprint density at radius 1 is 1.29 bits per heavy atom. The van der Waals surface area contributed by atoms with Crippen LogP contribution in [0.3, 0.4) is 0 Å². The highest BCUT2D eigenvalue weighted by Crippen LogP contribution is 2.23. The summed E-state index contributed by atoms with van der Waals surface area (Å²) in [6.07, 6.45) is 2.68. The van der Waals surface area contributed by atoms with Gasteiger partial charge in [0.1, 0.15) is 5.75 Å². The molecular weight excluding hydrogens is 236 g/mol. The maximum atomic E-state index is 9.30. The van der Waals surface area contributed by atoms with E-state index < -0.39 is 0 Å². The third-order valence-electron chi connectivity index (χ3n) is 3.14. The molecule has 94 valence electrons. The average Bonchev–Trinajstić information content (AvgIpc) is 2.82. The lowest BCUT2D eigenvalue weighted by atomic mass is 10.2. The molecule has 1 aliphatic rings. The van der Waals surface area contributed by atoms with E-state index in [9.17, 15) is 5.11 Å². The fraction of sp³-hybridized carbons (Fsp3) is 0.538. The van der Waals surface area contributed by atoms with Crippen LogP contribution in [0.1, 0.15) is 18.4 Å². The van der Waals surface area contributed by atoms with Gasteiger partial charge in [0.2, 0.25) is 0 Å². The van der Waals surface area contributed by atoms with Crippen molar-refractivity contribution in [3.8, 4) is 5.75 Å².